The second-order valence-corrected chi connectivity index (χ2v) is 7.85. The van der Waals surface area contributed by atoms with Crippen LogP contribution in [0.1, 0.15) is 6.92 Å². The molecule has 9 heteroatoms. The Balaban J connectivity index is 1.87. The van der Waals surface area contributed by atoms with Crippen LogP contribution >= 0.6 is 23.4 Å². The van der Waals surface area contributed by atoms with E-state index in [1.165, 1.54) is 16.7 Å². The summed E-state index contributed by atoms with van der Waals surface area (Å²) in [7, 11) is 4.12. The van der Waals surface area contributed by atoms with Crippen molar-refractivity contribution in [3.8, 4) is 0 Å². The molecule has 1 aromatic heterocycles. The van der Waals surface area contributed by atoms with Gasteiger partial charge in [0.05, 0.1) is 65.7 Å². The summed E-state index contributed by atoms with van der Waals surface area (Å²) in [4.78, 5) is 25.9. The topological polar surface area (TPSA) is 67.0 Å². The van der Waals surface area contributed by atoms with Crippen molar-refractivity contribution in [3.05, 3.63) is 11.2 Å². The van der Waals surface area contributed by atoms with Crippen LogP contribution in [-0.4, -0.2) is 81.5 Å². The van der Waals surface area contributed by atoms with Crippen LogP contribution in [0.3, 0.4) is 0 Å². The fourth-order valence-corrected chi connectivity index (χ4v) is 3.56. The second kappa shape index (κ2) is 10.2. The molecule has 0 spiro atoms. The van der Waals surface area contributed by atoms with Gasteiger partial charge in [0.25, 0.3) is 0 Å². The number of rotatable bonds is 8. The number of halogens is 1. The Morgan fingerprint density at radius 3 is 2.76 bits per heavy atom. The minimum atomic E-state index is -0.00321. The molecule has 140 valence electrons. The molecular formula is C16H29ClN6OS+2. The number of piperazine rings is 1. The summed E-state index contributed by atoms with van der Waals surface area (Å²) in [6.45, 7) is 9.10. The summed E-state index contributed by atoms with van der Waals surface area (Å²) in [6.07, 6.45) is 0. The number of carbonyl (C=O) groups excluding carboxylic acids is 1. The minimum absolute atomic E-state index is 0.00321. The van der Waals surface area contributed by atoms with Crippen LogP contribution < -0.4 is 20.0 Å². The lowest BCUT2D eigenvalue weighted by atomic mass is 10.3. The monoisotopic (exact) mass is 388 g/mol. The number of likely N-dealkylation sites (N-methyl/N-ethyl adjacent to an activating group) is 2. The van der Waals surface area contributed by atoms with E-state index in [0.29, 0.717) is 22.6 Å². The van der Waals surface area contributed by atoms with Crippen molar-refractivity contribution in [2.24, 2.45) is 0 Å². The van der Waals surface area contributed by atoms with Gasteiger partial charge in [-0.3, -0.25) is 4.79 Å². The highest BCUT2D eigenvalue weighted by atomic mass is 35.5. The molecule has 0 radical (unpaired) electrons. The first kappa shape index (κ1) is 20.2. The zero-order valence-corrected chi connectivity index (χ0v) is 16.8. The highest BCUT2D eigenvalue weighted by Crippen LogP contribution is 2.21. The minimum Gasteiger partial charge on any atom is -0.350 e. The quantitative estimate of drug-likeness (QED) is 0.279. The molecule has 0 aliphatic carbocycles. The van der Waals surface area contributed by atoms with Gasteiger partial charge in [0.15, 0.2) is 5.16 Å². The Morgan fingerprint density at radius 1 is 1.40 bits per heavy atom. The SMILES string of the molecule is CC[NH+]1CCN(c2cc(Cl)nc(SCC(=O)NCC[NH+](C)C)n2)CC1. The van der Waals surface area contributed by atoms with E-state index in [2.05, 4.69) is 41.2 Å². The number of nitrogens with zero attached hydrogens (tertiary/aromatic N) is 3. The molecule has 1 aliphatic heterocycles. The Hall–Kier alpha value is -1.09. The van der Waals surface area contributed by atoms with E-state index in [0.717, 1.165) is 45.1 Å². The first-order chi connectivity index (χ1) is 12.0. The van der Waals surface area contributed by atoms with Gasteiger partial charge < -0.3 is 20.0 Å². The van der Waals surface area contributed by atoms with Crippen molar-refractivity contribution < 1.29 is 14.6 Å². The number of amides is 1. The molecular weight excluding hydrogens is 360 g/mol. The Kier molecular flexibility index (Phi) is 8.21. The molecule has 0 aromatic carbocycles. The molecule has 1 aliphatic rings. The maximum absolute atomic E-state index is 11.9. The van der Waals surface area contributed by atoms with Gasteiger partial charge in [-0.15, -0.1) is 0 Å². The van der Waals surface area contributed by atoms with Gasteiger partial charge in [-0.2, -0.15) is 0 Å². The average molecular weight is 389 g/mol. The third kappa shape index (κ3) is 6.97. The van der Waals surface area contributed by atoms with Crippen molar-refractivity contribution in [1.82, 2.24) is 15.3 Å². The zero-order valence-electron chi connectivity index (χ0n) is 15.3. The summed E-state index contributed by atoms with van der Waals surface area (Å²) < 4.78 is 0. The van der Waals surface area contributed by atoms with E-state index in [4.69, 9.17) is 11.6 Å². The van der Waals surface area contributed by atoms with Gasteiger partial charge >= 0.3 is 0 Å². The lowest BCUT2D eigenvalue weighted by Crippen LogP contribution is -3.14. The van der Waals surface area contributed by atoms with E-state index in [-0.39, 0.29) is 5.91 Å². The zero-order chi connectivity index (χ0) is 18.2. The highest BCUT2D eigenvalue weighted by molar-refractivity contribution is 7.99. The molecule has 0 saturated carbocycles. The van der Waals surface area contributed by atoms with Crippen LogP contribution in [0.2, 0.25) is 5.15 Å². The molecule has 0 bridgehead atoms. The van der Waals surface area contributed by atoms with Gasteiger partial charge in [0, 0.05) is 6.07 Å². The molecule has 1 amide bonds. The van der Waals surface area contributed by atoms with Crippen molar-refractivity contribution in [2.45, 2.75) is 12.1 Å². The van der Waals surface area contributed by atoms with E-state index in [9.17, 15) is 4.79 Å². The normalized spacial score (nSPS) is 15.6. The van der Waals surface area contributed by atoms with Gasteiger partial charge in [0.2, 0.25) is 5.91 Å². The molecule has 1 fully saturated rings. The predicted molar refractivity (Wildman–Crippen MR) is 102 cm³/mol. The van der Waals surface area contributed by atoms with Crippen LogP contribution in [0.15, 0.2) is 11.2 Å². The maximum atomic E-state index is 11.9. The average Bonchev–Trinajstić information content (AvgIpc) is 2.59. The maximum Gasteiger partial charge on any atom is 0.230 e. The molecule has 2 rings (SSSR count). The molecule has 7 nitrogen and oxygen atoms in total. The number of carbonyl (C=O) groups is 1. The summed E-state index contributed by atoms with van der Waals surface area (Å²) in [5.41, 5.74) is 0. The molecule has 2 heterocycles. The number of nitrogens with one attached hydrogen (secondary N) is 3. The van der Waals surface area contributed by atoms with Gasteiger partial charge in [-0.05, 0) is 6.92 Å². The van der Waals surface area contributed by atoms with Crippen LogP contribution in [0.5, 0.6) is 0 Å². The van der Waals surface area contributed by atoms with Crippen LogP contribution in [0.25, 0.3) is 0 Å². The third-order valence-corrected chi connectivity index (χ3v) is 5.28. The summed E-state index contributed by atoms with van der Waals surface area (Å²) >= 11 is 7.49. The summed E-state index contributed by atoms with van der Waals surface area (Å²) in [5.74, 6) is 1.15. The van der Waals surface area contributed by atoms with Crippen LogP contribution in [-0.2, 0) is 4.79 Å². The molecule has 0 atom stereocenters. The molecule has 3 N–H and O–H groups in total. The lowest BCUT2D eigenvalue weighted by Gasteiger charge is -2.32. The van der Waals surface area contributed by atoms with Gasteiger partial charge in [-0.1, -0.05) is 23.4 Å². The van der Waals surface area contributed by atoms with Crippen LogP contribution in [0.4, 0.5) is 5.82 Å². The molecule has 1 aromatic rings. The smallest absolute Gasteiger partial charge is 0.230 e. The first-order valence-corrected chi connectivity index (χ1v) is 10.2. The van der Waals surface area contributed by atoms with Crippen LogP contribution in [0, 0.1) is 0 Å². The fraction of sp³-hybridized carbons (Fsp3) is 0.688. The van der Waals surface area contributed by atoms with Crippen molar-refractivity contribution in [3.63, 3.8) is 0 Å². The number of hydrogen-bond donors (Lipinski definition) is 3. The van der Waals surface area contributed by atoms with E-state index < -0.39 is 0 Å². The number of aromatic nitrogens is 2. The first-order valence-electron chi connectivity index (χ1n) is 8.79. The number of thioether (sulfide) groups is 1. The Morgan fingerprint density at radius 2 is 2.12 bits per heavy atom. The van der Waals surface area contributed by atoms with Gasteiger partial charge in [-0.25, -0.2) is 9.97 Å². The fourth-order valence-electron chi connectivity index (χ4n) is 2.65. The van der Waals surface area contributed by atoms with Crippen molar-refractivity contribution >= 4 is 35.1 Å². The molecule has 1 saturated heterocycles. The predicted octanol–water partition coefficient (Wildman–Crippen LogP) is -1.79. The highest BCUT2D eigenvalue weighted by Gasteiger charge is 2.20. The Labute approximate surface area is 159 Å². The number of quaternary nitrogens is 2. The molecule has 0 unspecified atom stereocenters. The number of hydrogen-bond acceptors (Lipinski definition) is 5. The largest absolute Gasteiger partial charge is 0.350 e. The third-order valence-electron chi connectivity index (χ3n) is 4.23. The van der Waals surface area contributed by atoms with E-state index in [1.807, 2.05) is 6.07 Å². The van der Waals surface area contributed by atoms with Crippen molar-refractivity contribution in [1.29, 1.82) is 0 Å². The van der Waals surface area contributed by atoms with Crippen molar-refractivity contribution in [2.75, 3.05) is 70.6 Å². The molecule has 25 heavy (non-hydrogen) atoms. The summed E-state index contributed by atoms with van der Waals surface area (Å²) in [6, 6.07) is 1.81. The van der Waals surface area contributed by atoms with Gasteiger partial charge in [0.1, 0.15) is 11.0 Å². The standard InChI is InChI=1S/C16H27ClN6OS/c1-4-22-7-9-23(10-8-22)14-11-13(17)19-16(20-14)25-12-15(24)18-5-6-21(2)3/h11H,4-10,12H2,1-3H3,(H,18,24)/p+2. The van der Waals surface area contributed by atoms with E-state index >= 15 is 0 Å². The second-order valence-electron chi connectivity index (χ2n) is 6.52. The summed E-state index contributed by atoms with van der Waals surface area (Å²) in [5, 5.41) is 3.89. The van der Waals surface area contributed by atoms with E-state index in [1.54, 1.807) is 4.90 Å². The number of anilines is 1. The lowest BCUT2D eigenvalue weighted by molar-refractivity contribution is -0.898. The Bertz CT molecular complexity index is 566.